The van der Waals surface area contributed by atoms with Crippen LogP contribution in [0.15, 0.2) is 53.0 Å². The van der Waals surface area contributed by atoms with Crippen molar-refractivity contribution in [2.45, 2.75) is 82.5 Å². The summed E-state index contributed by atoms with van der Waals surface area (Å²) < 4.78 is 7.18. The number of fused-ring (bicyclic) bond motifs is 1. The first-order chi connectivity index (χ1) is 16.4. The van der Waals surface area contributed by atoms with Crippen molar-refractivity contribution in [3.8, 4) is 5.75 Å². The number of hydrogen-bond donors (Lipinski definition) is 1. The maximum atomic E-state index is 14.0. The van der Waals surface area contributed by atoms with E-state index in [0.29, 0.717) is 5.75 Å². The molecule has 1 heterocycles. The van der Waals surface area contributed by atoms with Crippen LogP contribution in [0.3, 0.4) is 0 Å². The first kappa shape index (κ1) is 23.4. The van der Waals surface area contributed by atoms with E-state index in [1.54, 1.807) is 0 Å². The van der Waals surface area contributed by atoms with Crippen LogP contribution in [0, 0.1) is 5.92 Å². The normalized spacial score (nSPS) is 27.1. The molecule has 34 heavy (non-hydrogen) atoms. The zero-order valence-corrected chi connectivity index (χ0v) is 21.5. The quantitative estimate of drug-likeness (QED) is 0.542. The molecule has 6 heteroatoms. The molecule has 0 saturated heterocycles. The van der Waals surface area contributed by atoms with Crippen molar-refractivity contribution >= 4 is 27.7 Å². The maximum absolute atomic E-state index is 14.0. The van der Waals surface area contributed by atoms with E-state index in [0.717, 1.165) is 42.1 Å². The van der Waals surface area contributed by atoms with Gasteiger partial charge in [-0.15, -0.1) is 0 Å². The highest BCUT2D eigenvalue weighted by atomic mass is 79.9. The minimum absolute atomic E-state index is 0.0134. The SMILES string of the molecule is CC(C)C1Oc2ccc(Br)cc2C(C(=O)NC2CCCCC2)N(C2CC2c2ccccc2)C1=O. The van der Waals surface area contributed by atoms with Gasteiger partial charge in [-0.3, -0.25) is 9.59 Å². The smallest absolute Gasteiger partial charge is 0.265 e. The van der Waals surface area contributed by atoms with Crippen LogP contribution < -0.4 is 10.1 Å². The summed E-state index contributed by atoms with van der Waals surface area (Å²) in [5.41, 5.74) is 1.98. The third kappa shape index (κ3) is 4.61. The Bertz CT molecular complexity index is 1050. The molecule has 2 aromatic carbocycles. The van der Waals surface area contributed by atoms with Gasteiger partial charge in [-0.1, -0.05) is 79.4 Å². The molecule has 5 nitrogen and oxygen atoms in total. The van der Waals surface area contributed by atoms with E-state index in [-0.39, 0.29) is 35.7 Å². The molecule has 2 fully saturated rings. The van der Waals surface area contributed by atoms with Crippen LogP contribution in [0.5, 0.6) is 5.75 Å². The summed E-state index contributed by atoms with van der Waals surface area (Å²) in [6.07, 6.45) is 5.73. The summed E-state index contributed by atoms with van der Waals surface area (Å²) in [6, 6.07) is 15.5. The number of benzene rings is 2. The standard InChI is InChI=1S/C28H33BrN2O3/c1-17(2)26-28(33)31(23-16-21(23)18-9-5-3-6-10-18)25(22-15-19(29)13-14-24(22)34-26)27(32)30-20-11-7-4-8-12-20/h3,5-6,9-10,13-15,17,20-21,23,25-26H,4,7-8,11-12,16H2,1-2H3,(H,30,32). The van der Waals surface area contributed by atoms with Gasteiger partial charge < -0.3 is 15.0 Å². The molecule has 1 aliphatic heterocycles. The molecule has 1 N–H and O–H groups in total. The van der Waals surface area contributed by atoms with E-state index >= 15 is 0 Å². The van der Waals surface area contributed by atoms with Gasteiger partial charge in [0.15, 0.2) is 6.10 Å². The first-order valence-corrected chi connectivity index (χ1v) is 13.4. The van der Waals surface area contributed by atoms with E-state index in [2.05, 4.69) is 33.4 Å². The van der Waals surface area contributed by atoms with Crippen LogP contribution in [0.1, 0.15) is 75.5 Å². The molecule has 5 rings (SSSR count). The highest BCUT2D eigenvalue weighted by Crippen LogP contribution is 2.50. The molecule has 2 amide bonds. The van der Waals surface area contributed by atoms with Crippen LogP contribution in [0.2, 0.25) is 0 Å². The Balaban J connectivity index is 1.55. The van der Waals surface area contributed by atoms with Gasteiger partial charge in [-0.05, 0) is 48.9 Å². The van der Waals surface area contributed by atoms with E-state index in [4.69, 9.17) is 4.74 Å². The molecule has 180 valence electrons. The van der Waals surface area contributed by atoms with Gasteiger partial charge in [-0.2, -0.15) is 0 Å². The predicted octanol–water partition coefficient (Wildman–Crippen LogP) is 5.74. The molecule has 0 aromatic heterocycles. The summed E-state index contributed by atoms with van der Waals surface area (Å²) >= 11 is 3.58. The minimum atomic E-state index is -0.704. The number of carbonyl (C=O) groups excluding carboxylic acids is 2. The number of rotatable bonds is 5. The number of nitrogens with zero attached hydrogens (tertiary/aromatic N) is 1. The van der Waals surface area contributed by atoms with Crippen molar-refractivity contribution in [1.82, 2.24) is 10.2 Å². The fourth-order valence-electron chi connectivity index (χ4n) is 5.57. The van der Waals surface area contributed by atoms with Gasteiger partial charge in [0.1, 0.15) is 11.8 Å². The van der Waals surface area contributed by atoms with Crippen LogP contribution >= 0.6 is 15.9 Å². The largest absolute Gasteiger partial charge is 0.480 e. The van der Waals surface area contributed by atoms with Crippen molar-refractivity contribution in [3.63, 3.8) is 0 Å². The second-order valence-corrected chi connectivity index (χ2v) is 11.2. The monoisotopic (exact) mass is 524 g/mol. The van der Waals surface area contributed by atoms with E-state index in [1.807, 2.05) is 55.1 Å². The number of carbonyl (C=O) groups is 2. The van der Waals surface area contributed by atoms with Crippen molar-refractivity contribution in [1.29, 1.82) is 0 Å². The third-order valence-corrected chi connectivity index (χ3v) is 7.94. The highest BCUT2D eigenvalue weighted by molar-refractivity contribution is 9.10. The van der Waals surface area contributed by atoms with Crippen molar-refractivity contribution < 1.29 is 14.3 Å². The number of halogens is 1. The molecule has 4 atom stereocenters. The lowest BCUT2D eigenvalue weighted by Crippen LogP contribution is -2.51. The molecule has 0 bridgehead atoms. The Kier molecular flexibility index (Phi) is 6.70. The second kappa shape index (κ2) is 9.73. The van der Waals surface area contributed by atoms with Gasteiger partial charge in [-0.25, -0.2) is 0 Å². The summed E-state index contributed by atoms with van der Waals surface area (Å²) in [6.45, 7) is 4.01. The highest BCUT2D eigenvalue weighted by Gasteiger charge is 2.53. The zero-order chi connectivity index (χ0) is 23.8. The summed E-state index contributed by atoms with van der Waals surface area (Å²) in [5.74, 6) is 0.663. The lowest BCUT2D eigenvalue weighted by molar-refractivity contribution is -0.147. The Hall–Kier alpha value is -2.34. The van der Waals surface area contributed by atoms with Gasteiger partial charge in [0.25, 0.3) is 5.91 Å². The number of hydrogen-bond acceptors (Lipinski definition) is 3. The fourth-order valence-corrected chi connectivity index (χ4v) is 5.95. The van der Waals surface area contributed by atoms with E-state index in [9.17, 15) is 9.59 Å². The van der Waals surface area contributed by atoms with Gasteiger partial charge in [0.05, 0.1) is 0 Å². The minimum Gasteiger partial charge on any atom is -0.480 e. The van der Waals surface area contributed by atoms with Crippen molar-refractivity contribution in [2.24, 2.45) is 5.92 Å². The van der Waals surface area contributed by atoms with Crippen LogP contribution in [0.4, 0.5) is 0 Å². The molecule has 2 saturated carbocycles. The summed E-state index contributed by atoms with van der Waals surface area (Å²) in [4.78, 5) is 29.8. The molecular weight excluding hydrogens is 492 g/mol. The van der Waals surface area contributed by atoms with Crippen molar-refractivity contribution in [3.05, 3.63) is 64.1 Å². The van der Waals surface area contributed by atoms with E-state index in [1.165, 1.54) is 12.0 Å². The Morgan fingerprint density at radius 2 is 1.82 bits per heavy atom. The van der Waals surface area contributed by atoms with Gasteiger partial charge in [0.2, 0.25) is 5.91 Å². The average molecular weight is 525 g/mol. The second-order valence-electron chi connectivity index (χ2n) is 10.3. The molecular formula is C28H33BrN2O3. The van der Waals surface area contributed by atoms with Crippen LogP contribution in [-0.2, 0) is 9.59 Å². The lowest BCUT2D eigenvalue weighted by Gasteiger charge is -2.33. The molecule has 2 aromatic rings. The number of ether oxygens (including phenoxy) is 1. The predicted molar refractivity (Wildman–Crippen MR) is 136 cm³/mol. The Morgan fingerprint density at radius 3 is 2.53 bits per heavy atom. The molecule has 4 unspecified atom stereocenters. The molecule has 0 spiro atoms. The van der Waals surface area contributed by atoms with Gasteiger partial charge >= 0.3 is 0 Å². The number of nitrogens with one attached hydrogen (secondary N) is 1. The molecule has 0 radical (unpaired) electrons. The lowest BCUT2D eigenvalue weighted by atomic mass is 9.94. The first-order valence-electron chi connectivity index (χ1n) is 12.6. The van der Waals surface area contributed by atoms with Gasteiger partial charge in [0, 0.05) is 28.0 Å². The summed E-state index contributed by atoms with van der Waals surface area (Å²) in [7, 11) is 0. The van der Waals surface area contributed by atoms with E-state index < -0.39 is 12.1 Å². The third-order valence-electron chi connectivity index (χ3n) is 7.44. The topological polar surface area (TPSA) is 58.6 Å². The average Bonchev–Trinajstić information content (AvgIpc) is 3.63. The van der Waals surface area contributed by atoms with Crippen LogP contribution in [0.25, 0.3) is 0 Å². The maximum Gasteiger partial charge on any atom is 0.265 e. The number of amides is 2. The van der Waals surface area contributed by atoms with Crippen molar-refractivity contribution in [2.75, 3.05) is 0 Å². The van der Waals surface area contributed by atoms with Crippen LogP contribution in [-0.4, -0.2) is 34.9 Å². The zero-order valence-electron chi connectivity index (χ0n) is 19.9. The Morgan fingerprint density at radius 1 is 1.09 bits per heavy atom. The molecule has 2 aliphatic carbocycles. The fraction of sp³-hybridized carbons (Fsp3) is 0.500. The summed E-state index contributed by atoms with van der Waals surface area (Å²) in [5, 5.41) is 3.30. The molecule has 3 aliphatic rings. The Labute approximate surface area is 210 Å².